The van der Waals surface area contributed by atoms with Gasteiger partial charge in [-0.05, 0) is 29.8 Å². The quantitative estimate of drug-likeness (QED) is 0.808. The number of nitrogens with one attached hydrogen (secondary N) is 1. The van der Waals surface area contributed by atoms with Gasteiger partial charge < -0.3 is 15.8 Å². The van der Waals surface area contributed by atoms with Crippen LogP contribution in [-0.2, 0) is 16.0 Å². The molecule has 0 saturated carbocycles. The van der Waals surface area contributed by atoms with Crippen LogP contribution in [0.2, 0.25) is 0 Å². The van der Waals surface area contributed by atoms with Crippen LogP contribution >= 0.6 is 0 Å². The van der Waals surface area contributed by atoms with E-state index < -0.39 is 5.91 Å². The van der Waals surface area contributed by atoms with Crippen molar-refractivity contribution in [3.63, 3.8) is 0 Å². The first-order chi connectivity index (χ1) is 12.6. The Morgan fingerprint density at radius 3 is 2.69 bits per heavy atom. The number of amides is 2. The first kappa shape index (κ1) is 18.0. The lowest BCUT2D eigenvalue weighted by Gasteiger charge is -2.25. The number of primary amides is 1. The summed E-state index contributed by atoms with van der Waals surface area (Å²) in [6.07, 6.45) is 2.23. The van der Waals surface area contributed by atoms with Gasteiger partial charge in [-0.2, -0.15) is 0 Å². The SMILES string of the molecule is NC(=O)c1cccc(Cc2ccc(NC(=O)CN3CCOCC3)cn2)c1. The average molecular weight is 354 g/mol. The fourth-order valence-electron chi connectivity index (χ4n) is 2.81. The fraction of sp³-hybridized carbons (Fsp3) is 0.316. The summed E-state index contributed by atoms with van der Waals surface area (Å²) in [5.41, 5.74) is 8.25. The van der Waals surface area contributed by atoms with Gasteiger partial charge in [-0.1, -0.05) is 12.1 Å². The van der Waals surface area contributed by atoms with Gasteiger partial charge in [0.25, 0.3) is 0 Å². The number of hydrogen-bond acceptors (Lipinski definition) is 5. The molecule has 0 bridgehead atoms. The van der Waals surface area contributed by atoms with Crippen molar-refractivity contribution in [3.8, 4) is 0 Å². The summed E-state index contributed by atoms with van der Waals surface area (Å²) in [4.78, 5) is 29.8. The number of nitrogens with zero attached hydrogens (tertiary/aromatic N) is 2. The zero-order valence-corrected chi connectivity index (χ0v) is 14.5. The Bertz CT molecular complexity index is 771. The minimum atomic E-state index is -0.446. The highest BCUT2D eigenvalue weighted by Gasteiger charge is 2.14. The Balaban J connectivity index is 1.55. The van der Waals surface area contributed by atoms with E-state index in [9.17, 15) is 9.59 Å². The minimum Gasteiger partial charge on any atom is -0.379 e. The molecule has 136 valence electrons. The molecule has 2 aromatic rings. The lowest BCUT2D eigenvalue weighted by Crippen LogP contribution is -2.41. The molecule has 0 unspecified atom stereocenters. The van der Waals surface area contributed by atoms with E-state index in [0.29, 0.717) is 37.4 Å². The van der Waals surface area contributed by atoms with Crippen molar-refractivity contribution in [2.24, 2.45) is 5.73 Å². The van der Waals surface area contributed by atoms with E-state index in [1.807, 2.05) is 18.2 Å². The van der Waals surface area contributed by atoms with Crippen molar-refractivity contribution >= 4 is 17.5 Å². The van der Waals surface area contributed by atoms with Gasteiger partial charge in [-0.25, -0.2) is 0 Å². The topological polar surface area (TPSA) is 97.5 Å². The first-order valence-corrected chi connectivity index (χ1v) is 8.54. The number of hydrogen-bond donors (Lipinski definition) is 2. The second-order valence-electron chi connectivity index (χ2n) is 6.22. The molecule has 0 atom stereocenters. The van der Waals surface area contributed by atoms with E-state index in [4.69, 9.17) is 10.5 Å². The number of morpholine rings is 1. The molecule has 1 fully saturated rings. The summed E-state index contributed by atoms with van der Waals surface area (Å²) < 4.78 is 5.27. The lowest BCUT2D eigenvalue weighted by molar-refractivity contribution is -0.118. The third-order valence-corrected chi connectivity index (χ3v) is 4.18. The first-order valence-electron chi connectivity index (χ1n) is 8.54. The minimum absolute atomic E-state index is 0.0596. The molecule has 1 aromatic carbocycles. The van der Waals surface area contributed by atoms with Gasteiger partial charge in [0, 0.05) is 30.8 Å². The van der Waals surface area contributed by atoms with Crippen molar-refractivity contribution in [1.82, 2.24) is 9.88 Å². The molecule has 7 nitrogen and oxygen atoms in total. The van der Waals surface area contributed by atoms with E-state index in [0.717, 1.165) is 24.3 Å². The normalized spacial score (nSPS) is 14.8. The molecule has 1 aliphatic heterocycles. The molecule has 0 spiro atoms. The number of aromatic nitrogens is 1. The molecule has 26 heavy (non-hydrogen) atoms. The Morgan fingerprint density at radius 1 is 1.19 bits per heavy atom. The molecule has 0 radical (unpaired) electrons. The molecule has 1 aromatic heterocycles. The summed E-state index contributed by atoms with van der Waals surface area (Å²) in [7, 11) is 0. The van der Waals surface area contributed by atoms with Crippen LogP contribution in [0.3, 0.4) is 0 Å². The van der Waals surface area contributed by atoms with E-state index in [2.05, 4.69) is 15.2 Å². The van der Waals surface area contributed by atoms with Crippen LogP contribution in [0, 0.1) is 0 Å². The smallest absolute Gasteiger partial charge is 0.248 e. The second-order valence-corrected chi connectivity index (χ2v) is 6.22. The zero-order valence-electron chi connectivity index (χ0n) is 14.5. The summed E-state index contributed by atoms with van der Waals surface area (Å²) in [5, 5.41) is 2.86. The van der Waals surface area contributed by atoms with E-state index in [-0.39, 0.29) is 5.91 Å². The predicted octanol–water partition coefficient (Wildman–Crippen LogP) is 1.04. The number of benzene rings is 1. The molecule has 7 heteroatoms. The van der Waals surface area contributed by atoms with Crippen LogP contribution in [0.1, 0.15) is 21.6 Å². The number of anilines is 1. The Morgan fingerprint density at radius 2 is 2.00 bits per heavy atom. The highest BCUT2D eigenvalue weighted by Crippen LogP contribution is 2.12. The van der Waals surface area contributed by atoms with Crippen molar-refractivity contribution in [1.29, 1.82) is 0 Å². The number of rotatable bonds is 6. The van der Waals surface area contributed by atoms with Crippen LogP contribution in [0.25, 0.3) is 0 Å². The van der Waals surface area contributed by atoms with Crippen LogP contribution < -0.4 is 11.1 Å². The second kappa shape index (κ2) is 8.55. The lowest BCUT2D eigenvalue weighted by atomic mass is 10.1. The average Bonchev–Trinajstić information content (AvgIpc) is 2.64. The molecule has 3 rings (SSSR count). The largest absolute Gasteiger partial charge is 0.379 e. The maximum Gasteiger partial charge on any atom is 0.248 e. The molecular formula is C19H22N4O3. The highest BCUT2D eigenvalue weighted by atomic mass is 16.5. The van der Waals surface area contributed by atoms with Crippen LogP contribution in [-0.4, -0.2) is 54.5 Å². The maximum absolute atomic E-state index is 12.1. The van der Waals surface area contributed by atoms with E-state index in [1.54, 1.807) is 24.4 Å². The third kappa shape index (κ3) is 5.11. The number of carbonyl (C=O) groups is 2. The third-order valence-electron chi connectivity index (χ3n) is 4.18. The van der Waals surface area contributed by atoms with Crippen LogP contribution in [0.4, 0.5) is 5.69 Å². The molecule has 1 saturated heterocycles. The van der Waals surface area contributed by atoms with Crippen LogP contribution in [0.5, 0.6) is 0 Å². The fourth-order valence-corrected chi connectivity index (χ4v) is 2.81. The number of carbonyl (C=O) groups excluding carboxylic acids is 2. The Labute approximate surface area is 152 Å². The zero-order chi connectivity index (χ0) is 18.4. The van der Waals surface area contributed by atoms with Gasteiger partial charge in [-0.3, -0.25) is 19.5 Å². The van der Waals surface area contributed by atoms with Gasteiger partial charge in [0.2, 0.25) is 11.8 Å². The van der Waals surface area contributed by atoms with Crippen molar-refractivity contribution in [3.05, 3.63) is 59.4 Å². The standard InChI is InChI=1S/C19H22N4O3/c20-19(25)15-3-1-2-14(10-15)11-16-4-5-17(12-21-16)22-18(24)13-23-6-8-26-9-7-23/h1-5,10,12H,6-9,11,13H2,(H2,20,25)(H,22,24). The van der Waals surface area contributed by atoms with E-state index in [1.165, 1.54) is 0 Å². The Hall–Kier alpha value is -2.77. The molecule has 2 heterocycles. The molecule has 3 N–H and O–H groups in total. The summed E-state index contributed by atoms with van der Waals surface area (Å²) in [6.45, 7) is 3.23. The Kier molecular flexibility index (Phi) is 5.93. The van der Waals surface area contributed by atoms with Crippen molar-refractivity contribution < 1.29 is 14.3 Å². The van der Waals surface area contributed by atoms with Gasteiger partial charge in [0.05, 0.1) is 31.6 Å². The molecule has 1 aliphatic rings. The highest BCUT2D eigenvalue weighted by molar-refractivity contribution is 5.93. The number of ether oxygens (including phenoxy) is 1. The monoisotopic (exact) mass is 354 g/mol. The molecular weight excluding hydrogens is 332 g/mol. The van der Waals surface area contributed by atoms with Crippen molar-refractivity contribution in [2.75, 3.05) is 38.2 Å². The maximum atomic E-state index is 12.1. The van der Waals surface area contributed by atoms with E-state index >= 15 is 0 Å². The van der Waals surface area contributed by atoms with Crippen LogP contribution in [0.15, 0.2) is 42.6 Å². The number of pyridine rings is 1. The van der Waals surface area contributed by atoms with Gasteiger partial charge in [0.1, 0.15) is 0 Å². The van der Waals surface area contributed by atoms with Crippen molar-refractivity contribution in [2.45, 2.75) is 6.42 Å². The summed E-state index contributed by atoms with van der Waals surface area (Å²) in [6, 6.07) is 10.9. The molecule has 2 amide bonds. The summed E-state index contributed by atoms with van der Waals surface area (Å²) in [5.74, 6) is -0.506. The number of nitrogens with two attached hydrogens (primary N) is 1. The van der Waals surface area contributed by atoms with Gasteiger partial charge in [-0.15, -0.1) is 0 Å². The van der Waals surface area contributed by atoms with Gasteiger partial charge in [0.15, 0.2) is 0 Å². The predicted molar refractivity (Wildman–Crippen MR) is 97.9 cm³/mol. The molecule has 0 aliphatic carbocycles. The summed E-state index contributed by atoms with van der Waals surface area (Å²) >= 11 is 0. The van der Waals surface area contributed by atoms with Gasteiger partial charge >= 0.3 is 0 Å².